The quantitative estimate of drug-likeness (QED) is 0.238. The Kier molecular flexibility index (Phi) is 6.08. The third-order valence-corrected chi connectivity index (χ3v) is 6.15. The van der Waals surface area contributed by atoms with Gasteiger partial charge in [0.1, 0.15) is 0 Å². The molecule has 1 saturated carbocycles. The van der Waals surface area contributed by atoms with E-state index < -0.39 is 11.7 Å². The molecule has 0 radical (unpaired) electrons. The Morgan fingerprint density at radius 3 is 2.59 bits per heavy atom. The molecule has 1 fully saturated rings. The van der Waals surface area contributed by atoms with Crippen LogP contribution in [0.2, 0.25) is 0 Å². The van der Waals surface area contributed by atoms with Crippen LogP contribution in [0, 0.1) is 16.9 Å². The molecule has 2 amide bonds. The van der Waals surface area contributed by atoms with Crippen LogP contribution in [0.15, 0.2) is 85.1 Å². The van der Waals surface area contributed by atoms with Crippen LogP contribution in [-0.2, 0) is 4.79 Å². The molecule has 3 aromatic heterocycles. The monoisotopic (exact) mass is 524 g/mol. The Morgan fingerprint density at radius 2 is 1.82 bits per heavy atom. The first kappa shape index (κ1) is 24.0. The van der Waals surface area contributed by atoms with Gasteiger partial charge in [0.2, 0.25) is 17.5 Å². The molecule has 0 spiro atoms. The zero-order valence-corrected chi connectivity index (χ0v) is 20.4. The molecule has 0 unspecified atom stereocenters. The van der Waals surface area contributed by atoms with Crippen LogP contribution in [0.4, 0.5) is 15.9 Å². The highest BCUT2D eigenvalue weighted by atomic mass is 19.1. The summed E-state index contributed by atoms with van der Waals surface area (Å²) in [6, 6.07) is 20.6. The molecular formula is C28H21FN6O4. The largest absolute Gasteiger partial charge is 0.618 e. The number of carbonyl (C=O) groups excluding carboxylic acids is 2. The van der Waals surface area contributed by atoms with Crippen LogP contribution < -0.4 is 20.1 Å². The summed E-state index contributed by atoms with van der Waals surface area (Å²) < 4.78 is 22.4. The summed E-state index contributed by atoms with van der Waals surface area (Å²) in [7, 11) is 0. The second kappa shape index (κ2) is 9.86. The lowest BCUT2D eigenvalue weighted by Crippen LogP contribution is -2.38. The number of ether oxygens (including phenoxy) is 1. The van der Waals surface area contributed by atoms with Crippen molar-refractivity contribution in [2.75, 3.05) is 10.6 Å². The lowest BCUT2D eigenvalue weighted by atomic mass is 10.1. The summed E-state index contributed by atoms with van der Waals surface area (Å²) in [6.07, 6.45) is 3.31. The normalized spacial score (nSPS) is 12.7. The molecule has 2 aromatic carbocycles. The predicted octanol–water partition coefficient (Wildman–Crippen LogP) is 4.56. The third-order valence-electron chi connectivity index (χ3n) is 6.15. The van der Waals surface area contributed by atoms with E-state index in [2.05, 4.69) is 20.7 Å². The smallest absolute Gasteiger partial charge is 0.321 e. The van der Waals surface area contributed by atoms with Gasteiger partial charge in [-0.15, -0.1) is 5.10 Å². The van der Waals surface area contributed by atoms with Gasteiger partial charge >= 0.3 is 5.91 Å². The van der Waals surface area contributed by atoms with Crippen LogP contribution in [0.3, 0.4) is 0 Å². The zero-order chi connectivity index (χ0) is 26.9. The molecule has 1 aliphatic rings. The number of nitrogens with one attached hydrogen (secondary N) is 2. The molecular weight excluding hydrogens is 503 g/mol. The Hall–Kier alpha value is -5.32. The molecule has 11 heteroatoms. The van der Waals surface area contributed by atoms with Gasteiger partial charge in [0.15, 0.2) is 23.0 Å². The van der Waals surface area contributed by atoms with E-state index in [9.17, 15) is 19.2 Å². The van der Waals surface area contributed by atoms with Crippen LogP contribution in [0.25, 0.3) is 16.9 Å². The molecule has 2 N–H and O–H groups in total. The SMILES string of the molecule is O=C(Nc1ccc(Oc2ccc3nc(NC(=O)C4CC4)cn3n2)c(F)c1)c1cccc(-c2ccccc2)[n+]1[O-]. The van der Waals surface area contributed by atoms with E-state index in [1.54, 1.807) is 48.7 Å². The number of benzene rings is 2. The van der Waals surface area contributed by atoms with Crippen molar-refractivity contribution in [2.45, 2.75) is 12.8 Å². The number of pyridine rings is 1. The number of nitrogens with zero attached hydrogens (tertiary/aromatic N) is 4. The lowest BCUT2D eigenvalue weighted by Gasteiger charge is -2.11. The first-order valence-corrected chi connectivity index (χ1v) is 12.2. The fraction of sp³-hybridized carbons (Fsp3) is 0.107. The molecule has 39 heavy (non-hydrogen) atoms. The highest BCUT2D eigenvalue weighted by Gasteiger charge is 2.30. The van der Waals surface area contributed by atoms with Gasteiger partial charge < -0.3 is 20.6 Å². The van der Waals surface area contributed by atoms with E-state index in [-0.39, 0.29) is 34.8 Å². The van der Waals surface area contributed by atoms with Crippen LogP contribution >= 0.6 is 0 Å². The summed E-state index contributed by atoms with van der Waals surface area (Å²) in [5.41, 5.74) is 1.47. The highest BCUT2D eigenvalue weighted by Crippen LogP contribution is 2.30. The van der Waals surface area contributed by atoms with Gasteiger partial charge in [-0.05, 0) is 49.2 Å². The van der Waals surface area contributed by atoms with Crippen molar-refractivity contribution >= 4 is 29.0 Å². The molecule has 1 aliphatic carbocycles. The van der Waals surface area contributed by atoms with Crippen molar-refractivity contribution in [3.8, 4) is 22.9 Å². The number of carbonyl (C=O) groups is 2. The summed E-state index contributed by atoms with van der Waals surface area (Å²) in [6.45, 7) is 0. The van der Waals surface area contributed by atoms with Crippen molar-refractivity contribution in [2.24, 2.45) is 5.92 Å². The van der Waals surface area contributed by atoms with Gasteiger partial charge in [-0.25, -0.2) is 13.9 Å². The molecule has 0 atom stereocenters. The molecule has 194 valence electrons. The number of aromatic nitrogens is 4. The third kappa shape index (κ3) is 5.10. The average Bonchev–Trinajstić information content (AvgIpc) is 3.71. The average molecular weight is 525 g/mol. The minimum absolute atomic E-state index is 0.0398. The molecule has 6 rings (SSSR count). The maximum atomic E-state index is 14.9. The molecule has 0 saturated heterocycles. The van der Waals surface area contributed by atoms with Crippen LogP contribution in [-0.4, -0.2) is 26.4 Å². The van der Waals surface area contributed by atoms with E-state index >= 15 is 0 Å². The van der Waals surface area contributed by atoms with E-state index in [1.807, 2.05) is 6.07 Å². The topological polar surface area (TPSA) is 125 Å². The number of rotatable bonds is 7. The van der Waals surface area contributed by atoms with Gasteiger partial charge in [-0.3, -0.25) is 9.59 Å². The Labute approximate surface area is 221 Å². The van der Waals surface area contributed by atoms with E-state index in [1.165, 1.54) is 28.8 Å². The van der Waals surface area contributed by atoms with Gasteiger partial charge in [-0.1, -0.05) is 18.2 Å². The number of hydrogen-bond acceptors (Lipinski definition) is 6. The summed E-state index contributed by atoms with van der Waals surface area (Å²) in [4.78, 5) is 29.1. The summed E-state index contributed by atoms with van der Waals surface area (Å²) >= 11 is 0. The molecule has 3 heterocycles. The van der Waals surface area contributed by atoms with E-state index in [0.717, 1.165) is 18.9 Å². The van der Waals surface area contributed by atoms with Crippen LogP contribution in [0.1, 0.15) is 23.3 Å². The van der Waals surface area contributed by atoms with Crippen molar-refractivity contribution in [1.29, 1.82) is 0 Å². The maximum Gasteiger partial charge on any atom is 0.321 e. The van der Waals surface area contributed by atoms with Gasteiger partial charge in [0.25, 0.3) is 5.69 Å². The minimum Gasteiger partial charge on any atom is -0.618 e. The number of amides is 2. The van der Waals surface area contributed by atoms with E-state index in [4.69, 9.17) is 4.74 Å². The fourth-order valence-corrected chi connectivity index (χ4v) is 4.01. The van der Waals surface area contributed by atoms with Crippen molar-refractivity contribution in [3.63, 3.8) is 0 Å². The van der Waals surface area contributed by atoms with Crippen molar-refractivity contribution < 1.29 is 23.4 Å². The number of imidazole rings is 1. The Balaban J connectivity index is 1.16. The second-order valence-electron chi connectivity index (χ2n) is 9.02. The van der Waals surface area contributed by atoms with Crippen LogP contribution in [0.5, 0.6) is 11.6 Å². The molecule has 10 nitrogen and oxygen atoms in total. The fourth-order valence-electron chi connectivity index (χ4n) is 4.01. The van der Waals surface area contributed by atoms with Crippen molar-refractivity contribution in [3.05, 3.63) is 102 Å². The highest BCUT2D eigenvalue weighted by molar-refractivity contribution is 6.02. The zero-order valence-electron chi connectivity index (χ0n) is 20.4. The predicted molar refractivity (Wildman–Crippen MR) is 140 cm³/mol. The van der Waals surface area contributed by atoms with Gasteiger partial charge in [0.05, 0.1) is 6.20 Å². The first-order valence-electron chi connectivity index (χ1n) is 12.2. The number of halogens is 1. The lowest BCUT2D eigenvalue weighted by molar-refractivity contribution is -0.595. The maximum absolute atomic E-state index is 14.9. The molecule has 0 aliphatic heterocycles. The number of anilines is 2. The van der Waals surface area contributed by atoms with E-state index in [0.29, 0.717) is 27.5 Å². The second-order valence-corrected chi connectivity index (χ2v) is 9.02. The summed E-state index contributed by atoms with van der Waals surface area (Å²) in [5.74, 6) is -1.11. The standard InChI is InChI=1S/C28H21FN6O4/c29-20-15-19(30-28(37)22-8-4-7-21(35(22)38)17-5-2-1-3-6-17)11-12-23(20)39-26-14-13-25-31-24(16-34(25)33-26)32-27(36)18-9-10-18/h1-8,11-16,18H,9-10H2,(H,30,37)(H,32,36). The Morgan fingerprint density at radius 1 is 1.00 bits per heavy atom. The van der Waals surface area contributed by atoms with Crippen molar-refractivity contribution in [1.82, 2.24) is 14.6 Å². The Bertz CT molecular complexity index is 1720. The minimum atomic E-state index is -0.745. The van der Waals surface area contributed by atoms with Gasteiger partial charge in [0, 0.05) is 41.4 Å². The number of fused-ring (bicyclic) bond motifs is 1. The molecule has 5 aromatic rings. The number of hydrogen-bond donors (Lipinski definition) is 2. The summed E-state index contributed by atoms with van der Waals surface area (Å²) in [5, 5.41) is 22.4. The van der Waals surface area contributed by atoms with Gasteiger partial charge in [-0.2, -0.15) is 4.73 Å². The first-order chi connectivity index (χ1) is 18.9. The molecule has 0 bridgehead atoms.